The Bertz CT molecular complexity index is 1480. The van der Waals surface area contributed by atoms with Gasteiger partial charge in [-0.25, -0.2) is 12.8 Å². The number of benzene rings is 1. The number of fused-ring (bicyclic) bond motifs is 4. The predicted octanol–water partition coefficient (Wildman–Crippen LogP) is 5.82. The third kappa shape index (κ3) is 8.72. The number of aromatic nitrogens is 1. The van der Waals surface area contributed by atoms with Crippen molar-refractivity contribution in [3.05, 3.63) is 58.7 Å². The smallest absolute Gasteiger partial charge is 0.216 e. The first kappa shape index (κ1) is 34.7. The van der Waals surface area contributed by atoms with Crippen molar-refractivity contribution in [1.29, 1.82) is 0 Å². The van der Waals surface area contributed by atoms with E-state index >= 15 is 4.39 Å². The summed E-state index contributed by atoms with van der Waals surface area (Å²) < 4.78 is 59.0. The van der Waals surface area contributed by atoms with Crippen LogP contribution in [-0.4, -0.2) is 61.4 Å². The fourth-order valence-electron chi connectivity index (χ4n) is 7.90. The monoisotopic (exact) mass is 671 g/mol. The van der Waals surface area contributed by atoms with Gasteiger partial charge in [0.2, 0.25) is 10.0 Å². The van der Waals surface area contributed by atoms with Gasteiger partial charge in [0.25, 0.3) is 0 Å². The summed E-state index contributed by atoms with van der Waals surface area (Å²) in [6, 6.07) is 7.59. The lowest BCUT2D eigenvalue weighted by Crippen LogP contribution is -2.64. The molecule has 1 aromatic carbocycles. The number of hydrogen-bond acceptors (Lipinski definition) is 8. The van der Waals surface area contributed by atoms with Gasteiger partial charge in [-0.1, -0.05) is 45.4 Å². The van der Waals surface area contributed by atoms with E-state index in [1.165, 1.54) is 11.6 Å². The van der Waals surface area contributed by atoms with Crippen LogP contribution in [0.25, 0.3) is 0 Å². The number of aryl methyl sites for hydroxylation is 2. The van der Waals surface area contributed by atoms with Crippen LogP contribution in [0, 0.1) is 31.0 Å². The normalized spacial score (nSPS) is 30.8. The lowest BCUT2D eigenvalue weighted by molar-refractivity contribution is -0.0518. The Morgan fingerprint density at radius 3 is 2.49 bits per heavy atom. The first-order chi connectivity index (χ1) is 22.3. The molecule has 4 bridgehead atoms. The highest BCUT2D eigenvalue weighted by molar-refractivity contribution is 7.90. The van der Waals surface area contributed by atoms with Crippen LogP contribution in [0.1, 0.15) is 107 Å². The van der Waals surface area contributed by atoms with Crippen LogP contribution in [0.15, 0.2) is 30.5 Å². The standard InChI is InChI=1S/C36H54FN5O4S/c1-23-9-6-10-24(2)34(23)31-17-33-40-35(39-31)41-47(43,44)29-14-7-11-25(15-29)20-42(26(22-45-33)18-36(3,4)5)21-32-30(37)16-28(19-38-32)46-27-12-8-13-27/h6,9-10,16,19,25-27,29,31,33,35,39-41H,7-8,11-15,17-18,20-22H2,1-5H3/t25?,26-,29?,31?,33?,35?/m1/s1. The molecule has 4 fully saturated rings. The van der Waals surface area contributed by atoms with Gasteiger partial charge in [-0.2, -0.15) is 4.72 Å². The maximum Gasteiger partial charge on any atom is 0.216 e. The van der Waals surface area contributed by atoms with Crippen LogP contribution in [0.2, 0.25) is 0 Å². The van der Waals surface area contributed by atoms with Gasteiger partial charge in [0.15, 0.2) is 0 Å². The van der Waals surface area contributed by atoms with E-state index in [4.69, 9.17) is 9.47 Å². The van der Waals surface area contributed by atoms with E-state index in [0.717, 1.165) is 49.7 Å². The van der Waals surface area contributed by atoms with E-state index < -0.39 is 27.8 Å². The van der Waals surface area contributed by atoms with Crippen LogP contribution < -0.4 is 20.1 Å². The lowest BCUT2D eigenvalue weighted by atomic mass is 9.85. The summed E-state index contributed by atoms with van der Waals surface area (Å²) in [6.45, 7) is 12.3. The molecule has 260 valence electrons. The molecule has 9 nitrogen and oxygen atoms in total. The summed E-state index contributed by atoms with van der Waals surface area (Å²) in [5, 5.41) is 6.47. The van der Waals surface area contributed by atoms with E-state index in [1.54, 1.807) is 6.20 Å². The lowest BCUT2D eigenvalue weighted by Gasteiger charge is -2.41. The fraction of sp³-hybridized carbons (Fsp3) is 0.694. The zero-order valence-electron chi connectivity index (χ0n) is 28.7. The summed E-state index contributed by atoms with van der Waals surface area (Å²) in [6.07, 6.45) is 8.31. The summed E-state index contributed by atoms with van der Waals surface area (Å²) in [4.78, 5) is 6.88. The topological polar surface area (TPSA) is 105 Å². The van der Waals surface area contributed by atoms with E-state index in [-0.39, 0.29) is 35.3 Å². The number of rotatable bonds is 6. The second kappa shape index (κ2) is 14.4. The van der Waals surface area contributed by atoms with Gasteiger partial charge in [-0.15, -0.1) is 0 Å². The summed E-state index contributed by atoms with van der Waals surface area (Å²) in [7, 11) is -3.64. The molecule has 6 atom stereocenters. The van der Waals surface area contributed by atoms with Crippen molar-refractivity contribution < 1.29 is 22.3 Å². The van der Waals surface area contributed by atoms with Gasteiger partial charge >= 0.3 is 0 Å². The maximum atomic E-state index is 15.6. The summed E-state index contributed by atoms with van der Waals surface area (Å²) in [5.74, 6) is 0.265. The number of ether oxygens (including phenoxy) is 2. The molecule has 2 saturated carbocycles. The second-order valence-electron chi connectivity index (χ2n) is 15.6. The molecule has 3 heterocycles. The zero-order chi connectivity index (χ0) is 33.3. The SMILES string of the molecule is Cc1cccc(C)c1C1CC2NC(N1)NS(=O)(=O)C1CCCC(C1)CN(Cc1ncc(OC3CCC3)cc1F)[C@H](CC(C)(C)C)CO2. The number of nitrogens with zero attached hydrogens (tertiary/aromatic N) is 2. The molecular weight excluding hydrogens is 617 g/mol. The van der Waals surface area contributed by atoms with Crippen molar-refractivity contribution in [3.63, 3.8) is 0 Å². The Labute approximate surface area is 280 Å². The van der Waals surface area contributed by atoms with Gasteiger partial charge < -0.3 is 9.47 Å². The van der Waals surface area contributed by atoms with Gasteiger partial charge in [-0.3, -0.25) is 20.5 Å². The third-order valence-corrected chi connectivity index (χ3v) is 12.3. The fourth-order valence-corrected chi connectivity index (χ4v) is 9.56. The van der Waals surface area contributed by atoms with Gasteiger partial charge in [0.05, 0.1) is 29.9 Å². The number of halogens is 1. The molecule has 0 radical (unpaired) electrons. The van der Waals surface area contributed by atoms with Crippen LogP contribution in [0.3, 0.4) is 0 Å². The highest BCUT2D eigenvalue weighted by atomic mass is 32.2. The number of pyridine rings is 1. The Hall–Kier alpha value is -2.15. The number of hydrogen-bond donors (Lipinski definition) is 3. The van der Waals surface area contributed by atoms with E-state index in [2.05, 4.69) is 78.1 Å². The first-order valence-corrected chi connectivity index (χ1v) is 19.1. The molecule has 4 aliphatic rings. The predicted molar refractivity (Wildman–Crippen MR) is 182 cm³/mol. The molecule has 0 amide bonds. The molecule has 0 spiro atoms. The van der Waals surface area contributed by atoms with Gasteiger partial charge in [0.1, 0.15) is 24.1 Å². The molecule has 2 aromatic rings. The molecule has 47 heavy (non-hydrogen) atoms. The molecule has 2 aliphatic heterocycles. The molecule has 3 N–H and O–H groups in total. The van der Waals surface area contributed by atoms with E-state index in [9.17, 15) is 8.42 Å². The van der Waals surface area contributed by atoms with Crippen molar-refractivity contribution >= 4 is 10.0 Å². The van der Waals surface area contributed by atoms with Crippen LogP contribution >= 0.6 is 0 Å². The Morgan fingerprint density at radius 2 is 1.81 bits per heavy atom. The van der Waals surface area contributed by atoms with E-state index in [0.29, 0.717) is 50.4 Å². The first-order valence-electron chi connectivity index (χ1n) is 17.6. The Kier molecular flexibility index (Phi) is 10.6. The number of nitrogens with one attached hydrogen (secondary N) is 3. The average Bonchev–Trinajstić information content (AvgIpc) is 2.97. The van der Waals surface area contributed by atoms with Crippen LogP contribution in [0.5, 0.6) is 5.75 Å². The zero-order valence-corrected chi connectivity index (χ0v) is 29.5. The maximum absolute atomic E-state index is 15.6. The summed E-state index contributed by atoms with van der Waals surface area (Å²) in [5.41, 5.74) is 3.86. The molecule has 5 unspecified atom stereocenters. The van der Waals surface area contributed by atoms with Crippen LogP contribution in [0.4, 0.5) is 4.39 Å². The number of sulfonamides is 1. The van der Waals surface area contributed by atoms with Gasteiger partial charge in [0, 0.05) is 37.7 Å². The van der Waals surface area contributed by atoms with E-state index in [1.807, 2.05) is 0 Å². The highest BCUT2D eigenvalue weighted by Gasteiger charge is 2.39. The minimum absolute atomic E-state index is 0.0163. The minimum atomic E-state index is -3.64. The molecule has 11 heteroatoms. The molecule has 2 aliphatic carbocycles. The Balaban J connectivity index is 1.31. The Morgan fingerprint density at radius 1 is 1.06 bits per heavy atom. The highest BCUT2D eigenvalue weighted by Crippen LogP contribution is 2.35. The molecule has 6 rings (SSSR count). The van der Waals surface area contributed by atoms with Crippen molar-refractivity contribution in [1.82, 2.24) is 25.2 Å². The van der Waals surface area contributed by atoms with Crippen molar-refractivity contribution in [2.75, 3.05) is 13.2 Å². The van der Waals surface area contributed by atoms with Crippen molar-refractivity contribution in [2.45, 2.75) is 135 Å². The average molecular weight is 672 g/mol. The molecule has 2 saturated heterocycles. The third-order valence-electron chi connectivity index (χ3n) is 10.5. The van der Waals surface area contributed by atoms with Crippen molar-refractivity contribution in [3.8, 4) is 5.75 Å². The minimum Gasteiger partial charge on any atom is -0.489 e. The van der Waals surface area contributed by atoms with Gasteiger partial charge in [-0.05, 0) is 86.8 Å². The molecular formula is C36H54FN5O4S. The molecule has 1 aromatic heterocycles. The quantitative estimate of drug-likeness (QED) is 0.353. The second-order valence-corrected chi connectivity index (χ2v) is 17.6. The summed E-state index contributed by atoms with van der Waals surface area (Å²) >= 11 is 0. The van der Waals surface area contributed by atoms with Crippen molar-refractivity contribution in [2.24, 2.45) is 11.3 Å². The largest absolute Gasteiger partial charge is 0.489 e. The van der Waals surface area contributed by atoms with Crippen LogP contribution in [-0.2, 0) is 21.3 Å².